The van der Waals surface area contributed by atoms with Crippen molar-refractivity contribution in [2.24, 2.45) is 0 Å². The molecule has 158 valence electrons. The molecule has 0 bridgehead atoms. The molecule has 1 fully saturated rings. The molecule has 0 radical (unpaired) electrons. The van der Waals surface area contributed by atoms with E-state index < -0.39 is 0 Å². The Hall–Kier alpha value is -1.82. The van der Waals surface area contributed by atoms with Gasteiger partial charge in [-0.2, -0.15) is 0 Å². The van der Waals surface area contributed by atoms with Crippen molar-refractivity contribution >= 4 is 11.8 Å². The predicted octanol–water partition coefficient (Wildman–Crippen LogP) is 3.99. The zero-order valence-corrected chi connectivity index (χ0v) is 17.7. The molecule has 2 heterocycles. The third kappa shape index (κ3) is 6.97. The average Bonchev–Trinajstić information content (AvgIpc) is 3.39. The third-order valence-electron chi connectivity index (χ3n) is 5.47. The molecule has 1 aliphatic heterocycles. The van der Waals surface area contributed by atoms with Crippen LogP contribution in [-0.2, 0) is 20.9 Å². The van der Waals surface area contributed by atoms with Gasteiger partial charge in [0, 0.05) is 25.6 Å². The third-order valence-corrected chi connectivity index (χ3v) is 5.47. The van der Waals surface area contributed by atoms with E-state index >= 15 is 0 Å². The van der Waals surface area contributed by atoms with Crippen molar-refractivity contribution in [3.05, 3.63) is 24.2 Å². The van der Waals surface area contributed by atoms with Gasteiger partial charge in [0.15, 0.2) is 0 Å². The quantitative estimate of drug-likeness (QED) is 0.505. The first-order valence-electron chi connectivity index (χ1n) is 10.8. The van der Waals surface area contributed by atoms with Crippen LogP contribution in [0.25, 0.3) is 0 Å². The molecule has 1 aromatic heterocycles. The number of rotatable bonds is 12. The van der Waals surface area contributed by atoms with Crippen molar-refractivity contribution in [1.82, 2.24) is 9.80 Å². The van der Waals surface area contributed by atoms with E-state index in [0.717, 1.165) is 50.9 Å². The Balaban J connectivity index is 2.04. The van der Waals surface area contributed by atoms with Crippen molar-refractivity contribution in [1.29, 1.82) is 0 Å². The van der Waals surface area contributed by atoms with Crippen LogP contribution in [0.5, 0.6) is 0 Å². The van der Waals surface area contributed by atoms with Gasteiger partial charge in [0.2, 0.25) is 11.8 Å². The summed E-state index contributed by atoms with van der Waals surface area (Å²) >= 11 is 0. The topological polar surface area (TPSA) is 63.0 Å². The number of nitrogens with zero attached hydrogens (tertiary/aromatic N) is 2. The van der Waals surface area contributed by atoms with Crippen molar-refractivity contribution < 1.29 is 18.7 Å². The van der Waals surface area contributed by atoms with Gasteiger partial charge in [-0.05, 0) is 44.7 Å². The lowest BCUT2D eigenvalue weighted by atomic mass is 10.1. The van der Waals surface area contributed by atoms with Gasteiger partial charge in [0.1, 0.15) is 12.3 Å². The fourth-order valence-corrected chi connectivity index (χ4v) is 3.51. The van der Waals surface area contributed by atoms with Crippen LogP contribution in [-0.4, -0.2) is 53.5 Å². The lowest BCUT2D eigenvalue weighted by Gasteiger charge is -2.32. The standard InChI is InChI=1S/C22H36N2O4/c1-4-6-7-12-21(25)24(18(3)5-2)17-22(26)23(15-19-10-8-13-27-19)16-20-11-9-14-28-20/h8,10,13,18,20H,4-7,9,11-12,14-17H2,1-3H3. The number of carbonyl (C=O) groups is 2. The molecular weight excluding hydrogens is 356 g/mol. The minimum Gasteiger partial charge on any atom is -0.467 e. The SMILES string of the molecule is CCCCCC(=O)N(CC(=O)N(Cc1ccco1)CC1CCCO1)C(C)CC. The van der Waals surface area contributed by atoms with Crippen LogP contribution >= 0.6 is 0 Å². The highest BCUT2D eigenvalue weighted by molar-refractivity contribution is 5.85. The van der Waals surface area contributed by atoms with E-state index in [2.05, 4.69) is 13.8 Å². The molecule has 6 heteroatoms. The van der Waals surface area contributed by atoms with Gasteiger partial charge >= 0.3 is 0 Å². The molecule has 0 saturated carbocycles. The first-order chi connectivity index (χ1) is 13.5. The number of hydrogen-bond acceptors (Lipinski definition) is 4. The second-order valence-electron chi connectivity index (χ2n) is 7.72. The van der Waals surface area contributed by atoms with Crippen LogP contribution in [0.3, 0.4) is 0 Å². The van der Waals surface area contributed by atoms with E-state index in [4.69, 9.17) is 9.15 Å². The molecule has 2 unspecified atom stereocenters. The Morgan fingerprint density at radius 3 is 2.68 bits per heavy atom. The number of hydrogen-bond donors (Lipinski definition) is 0. The van der Waals surface area contributed by atoms with Crippen molar-refractivity contribution in [3.63, 3.8) is 0 Å². The van der Waals surface area contributed by atoms with E-state index in [0.29, 0.717) is 19.5 Å². The highest BCUT2D eigenvalue weighted by Gasteiger charge is 2.27. The van der Waals surface area contributed by atoms with E-state index in [1.54, 1.807) is 16.1 Å². The van der Waals surface area contributed by atoms with E-state index in [9.17, 15) is 9.59 Å². The number of ether oxygens (including phenoxy) is 1. The van der Waals surface area contributed by atoms with E-state index in [1.807, 2.05) is 19.1 Å². The summed E-state index contributed by atoms with van der Waals surface area (Å²) in [6.45, 7) is 8.01. The van der Waals surface area contributed by atoms with Crippen LogP contribution < -0.4 is 0 Å². The summed E-state index contributed by atoms with van der Waals surface area (Å²) in [4.78, 5) is 29.4. The van der Waals surface area contributed by atoms with Gasteiger partial charge < -0.3 is 19.0 Å². The van der Waals surface area contributed by atoms with Crippen molar-refractivity contribution in [3.8, 4) is 0 Å². The van der Waals surface area contributed by atoms with Gasteiger partial charge in [0.25, 0.3) is 0 Å². The van der Waals surface area contributed by atoms with Crippen LogP contribution in [0.1, 0.15) is 71.5 Å². The predicted molar refractivity (Wildman–Crippen MR) is 109 cm³/mol. The van der Waals surface area contributed by atoms with Crippen LogP contribution in [0.4, 0.5) is 0 Å². The maximum absolute atomic E-state index is 13.2. The molecule has 0 aromatic carbocycles. The van der Waals surface area contributed by atoms with Crippen LogP contribution in [0.15, 0.2) is 22.8 Å². The maximum atomic E-state index is 13.2. The summed E-state index contributed by atoms with van der Waals surface area (Å²) in [5.74, 6) is 0.776. The minimum atomic E-state index is -0.0453. The Kier molecular flexibility index (Phi) is 9.55. The largest absolute Gasteiger partial charge is 0.467 e. The molecule has 2 amide bonds. The molecule has 2 rings (SSSR count). The fourth-order valence-electron chi connectivity index (χ4n) is 3.51. The maximum Gasteiger partial charge on any atom is 0.242 e. The Morgan fingerprint density at radius 2 is 2.07 bits per heavy atom. The van der Waals surface area contributed by atoms with Crippen LogP contribution in [0.2, 0.25) is 0 Å². The average molecular weight is 393 g/mol. The van der Waals surface area contributed by atoms with E-state index in [-0.39, 0.29) is 30.5 Å². The molecule has 6 nitrogen and oxygen atoms in total. The number of amides is 2. The smallest absolute Gasteiger partial charge is 0.242 e. The molecule has 28 heavy (non-hydrogen) atoms. The number of furan rings is 1. The monoisotopic (exact) mass is 392 g/mol. The summed E-state index contributed by atoms with van der Waals surface area (Å²) in [6, 6.07) is 3.75. The first kappa shape index (κ1) is 22.5. The highest BCUT2D eigenvalue weighted by atomic mass is 16.5. The number of carbonyl (C=O) groups excluding carboxylic acids is 2. The van der Waals surface area contributed by atoms with Gasteiger partial charge in [-0.25, -0.2) is 0 Å². The van der Waals surface area contributed by atoms with Gasteiger partial charge in [-0.1, -0.05) is 26.7 Å². The van der Waals surface area contributed by atoms with Gasteiger partial charge in [0.05, 0.1) is 18.9 Å². The molecule has 0 spiro atoms. The van der Waals surface area contributed by atoms with Crippen molar-refractivity contribution in [2.45, 2.75) is 84.4 Å². The summed E-state index contributed by atoms with van der Waals surface area (Å²) in [5.41, 5.74) is 0. The molecule has 0 N–H and O–H groups in total. The molecule has 1 saturated heterocycles. The highest BCUT2D eigenvalue weighted by Crippen LogP contribution is 2.17. The molecule has 1 aromatic rings. The minimum absolute atomic E-state index is 0.0453. The van der Waals surface area contributed by atoms with Gasteiger partial charge in [-0.15, -0.1) is 0 Å². The second kappa shape index (κ2) is 11.9. The summed E-state index contributed by atoms with van der Waals surface area (Å²) in [5, 5.41) is 0. The lowest BCUT2D eigenvalue weighted by Crippen LogP contribution is -2.47. The Bertz CT molecular complexity index is 581. The molecule has 2 atom stereocenters. The van der Waals surface area contributed by atoms with Crippen molar-refractivity contribution in [2.75, 3.05) is 19.7 Å². The fraction of sp³-hybridized carbons (Fsp3) is 0.727. The Labute approximate surface area is 169 Å². The first-order valence-corrected chi connectivity index (χ1v) is 10.8. The zero-order chi connectivity index (χ0) is 20.4. The molecular formula is C22H36N2O4. The zero-order valence-electron chi connectivity index (χ0n) is 17.7. The summed E-state index contributed by atoms with van der Waals surface area (Å²) < 4.78 is 11.2. The molecule has 1 aliphatic rings. The lowest BCUT2D eigenvalue weighted by molar-refractivity contribution is -0.143. The summed E-state index contributed by atoms with van der Waals surface area (Å²) in [7, 11) is 0. The van der Waals surface area contributed by atoms with E-state index in [1.165, 1.54) is 0 Å². The normalized spacial score (nSPS) is 17.5. The second-order valence-corrected chi connectivity index (χ2v) is 7.72. The van der Waals surface area contributed by atoms with Gasteiger partial charge in [-0.3, -0.25) is 9.59 Å². The molecule has 0 aliphatic carbocycles. The Morgan fingerprint density at radius 1 is 1.25 bits per heavy atom. The summed E-state index contributed by atoms with van der Waals surface area (Å²) in [6.07, 6.45) is 8.01. The van der Waals surface area contributed by atoms with Crippen LogP contribution in [0, 0.1) is 0 Å². The number of unbranched alkanes of at least 4 members (excludes halogenated alkanes) is 2.